The molecular formula is C18H23N5O2S. The van der Waals surface area contributed by atoms with Crippen molar-refractivity contribution in [2.24, 2.45) is 11.8 Å². The van der Waals surface area contributed by atoms with E-state index in [0.29, 0.717) is 26.1 Å². The number of carbonyl (C=O) groups excluding carboxylic acids is 2. The molecular weight excluding hydrogens is 350 g/mol. The van der Waals surface area contributed by atoms with Crippen molar-refractivity contribution in [3.63, 3.8) is 0 Å². The average Bonchev–Trinajstić information content (AvgIpc) is 3.36. The molecule has 26 heavy (non-hydrogen) atoms. The Kier molecular flexibility index (Phi) is 5.12. The van der Waals surface area contributed by atoms with Gasteiger partial charge < -0.3 is 15.5 Å². The number of rotatable bonds is 4. The molecule has 3 heterocycles. The van der Waals surface area contributed by atoms with Crippen LogP contribution in [0.2, 0.25) is 0 Å². The Morgan fingerprint density at radius 3 is 2.77 bits per heavy atom. The molecule has 2 saturated heterocycles. The van der Waals surface area contributed by atoms with Crippen LogP contribution < -0.4 is 10.6 Å². The molecule has 2 aliphatic rings. The third-order valence-corrected chi connectivity index (χ3v) is 5.83. The van der Waals surface area contributed by atoms with Crippen LogP contribution in [0.1, 0.15) is 24.8 Å². The van der Waals surface area contributed by atoms with E-state index >= 15 is 0 Å². The van der Waals surface area contributed by atoms with Crippen LogP contribution in [0.25, 0.3) is 11.0 Å². The van der Waals surface area contributed by atoms with E-state index in [-0.39, 0.29) is 23.7 Å². The second kappa shape index (κ2) is 7.67. The van der Waals surface area contributed by atoms with Gasteiger partial charge in [0.2, 0.25) is 11.8 Å². The van der Waals surface area contributed by atoms with Crippen molar-refractivity contribution in [1.29, 1.82) is 0 Å². The van der Waals surface area contributed by atoms with Crippen molar-refractivity contribution in [2.45, 2.75) is 25.8 Å². The van der Waals surface area contributed by atoms with Gasteiger partial charge in [-0.15, -0.1) is 0 Å². The molecule has 2 N–H and O–H groups in total. The number of hydrogen-bond donors (Lipinski definition) is 2. The van der Waals surface area contributed by atoms with Gasteiger partial charge in [0, 0.05) is 32.7 Å². The third kappa shape index (κ3) is 3.71. The summed E-state index contributed by atoms with van der Waals surface area (Å²) >= 11 is 1.19. The summed E-state index contributed by atoms with van der Waals surface area (Å²) in [5.41, 5.74) is 2.74. The first kappa shape index (κ1) is 17.4. The van der Waals surface area contributed by atoms with E-state index in [1.54, 1.807) is 0 Å². The number of likely N-dealkylation sites (tertiary alicyclic amines) is 1. The molecule has 2 aromatic rings. The minimum Gasteiger partial charge on any atom is -0.352 e. The number of benzene rings is 1. The van der Waals surface area contributed by atoms with Crippen LogP contribution in [0.5, 0.6) is 0 Å². The number of piperidine rings is 1. The maximum atomic E-state index is 12.6. The van der Waals surface area contributed by atoms with E-state index in [4.69, 9.17) is 0 Å². The van der Waals surface area contributed by atoms with Crippen molar-refractivity contribution < 1.29 is 9.59 Å². The largest absolute Gasteiger partial charge is 0.352 e. The van der Waals surface area contributed by atoms with E-state index < -0.39 is 0 Å². The second-order valence-corrected chi connectivity index (χ2v) is 7.65. The summed E-state index contributed by atoms with van der Waals surface area (Å²) in [7, 11) is 0. The Morgan fingerprint density at radius 1 is 1.15 bits per heavy atom. The summed E-state index contributed by atoms with van der Waals surface area (Å²) in [5.74, 6) is -0.0399. The van der Waals surface area contributed by atoms with Gasteiger partial charge >= 0.3 is 0 Å². The molecule has 2 amide bonds. The fourth-order valence-electron chi connectivity index (χ4n) is 3.80. The Morgan fingerprint density at radius 2 is 1.92 bits per heavy atom. The van der Waals surface area contributed by atoms with Crippen molar-refractivity contribution in [2.75, 3.05) is 26.2 Å². The van der Waals surface area contributed by atoms with Crippen LogP contribution in [-0.4, -0.2) is 51.6 Å². The van der Waals surface area contributed by atoms with Gasteiger partial charge in [0.05, 0.1) is 23.6 Å². The number of carbonyl (C=O) groups is 2. The van der Waals surface area contributed by atoms with Crippen LogP contribution in [0.3, 0.4) is 0 Å². The summed E-state index contributed by atoms with van der Waals surface area (Å²) in [6.07, 6.45) is 2.81. The van der Waals surface area contributed by atoms with Crippen LogP contribution in [0.15, 0.2) is 18.2 Å². The summed E-state index contributed by atoms with van der Waals surface area (Å²) < 4.78 is 8.41. The number of fused-ring (bicyclic) bond motifs is 1. The van der Waals surface area contributed by atoms with Gasteiger partial charge in [-0.3, -0.25) is 9.59 Å². The first-order chi connectivity index (χ1) is 12.7. The molecule has 0 aliphatic carbocycles. The fraction of sp³-hybridized carbons (Fsp3) is 0.556. The molecule has 1 aromatic carbocycles. The molecule has 2 atom stereocenters. The molecule has 2 aliphatic heterocycles. The maximum Gasteiger partial charge on any atom is 0.226 e. The van der Waals surface area contributed by atoms with E-state index in [1.165, 1.54) is 11.7 Å². The summed E-state index contributed by atoms with van der Waals surface area (Å²) in [6.45, 7) is 3.49. The first-order valence-corrected chi connectivity index (χ1v) is 9.92. The van der Waals surface area contributed by atoms with E-state index in [1.807, 2.05) is 23.1 Å². The van der Waals surface area contributed by atoms with Crippen LogP contribution in [-0.2, 0) is 16.1 Å². The molecule has 0 spiro atoms. The van der Waals surface area contributed by atoms with Crippen molar-refractivity contribution in [3.8, 4) is 0 Å². The molecule has 1 aromatic heterocycles. The Labute approximate surface area is 156 Å². The zero-order valence-corrected chi connectivity index (χ0v) is 15.4. The molecule has 0 unspecified atom stereocenters. The zero-order valence-electron chi connectivity index (χ0n) is 14.6. The van der Waals surface area contributed by atoms with Crippen LogP contribution in [0.4, 0.5) is 0 Å². The maximum absolute atomic E-state index is 12.6. The summed E-state index contributed by atoms with van der Waals surface area (Å²) in [6, 6.07) is 5.84. The Hall–Kier alpha value is -2.06. The fourth-order valence-corrected chi connectivity index (χ4v) is 4.31. The SMILES string of the molecule is O=C(NCc1ccc2nsnc2c1)[C@@H]1CNC[C@@H](C(=O)N2CCCC2)C1. The Bertz CT molecular complexity index is 802. The van der Waals surface area contributed by atoms with Crippen molar-refractivity contribution in [3.05, 3.63) is 23.8 Å². The quantitative estimate of drug-likeness (QED) is 0.840. The first-order valence-electron chi connectivity index (χ1n) is 9.19. The van der Waals surface area contributed by atoms with Gasteiger partial charge in [0.15, 0.2) is 0 Å². The predicted molar refractivity (Wildman–Crippen MR) is 99.5 cm³/mol. The lowest BCUT2D eigenvalue weighted by atomic mass is 9.89. The van der Waals surface area contributed by atoms with Gasteiger partial charge in [0.1, 0.15) is 11.0 Å². The molecule has 0 bridgehead atoms. The van der Waals surface area contributed by atoms with Gasteiger partial charge in [-0.05, 0) is 37.0 Å². The number of amides is 2. The number of hydrogen-bond acceptors (Lipinski definition) is 6. The molecule has 4 rings (SSSR count). The standard InChI is InChI=1S/C18H23N5O2S/c24-17(20-9-12-3-4-15-16(7-12)22-26-21-15)13-8-14(11-19-10-13)18(25)23-5-1-2-6-23/h3-4,7,13-14,19H,1-2,5-6,8-11H2,(H,20,24)/t13-,14-/m0/s1. The average molecular weight is 373 g/mol. The number of nitrogens with one attached hydrogen (secondary N) is 2. The van der Waals surface area contributed by atoms with E-state index in [0.717, 1.165) is 42.5 Å². The van der Waals surface area contributed by atoms with Gasteiger partial charge in [-0.2, -0.15) is 8.75 Å². The van der Waals surface area contributed by atoms with E-state index in [2.05, 4.69) is 19.4 Å². The molecule has 0 radical (unpaired) electrons. The lowest BCUT2D eigenvalue weighted by Gasteiger charge is -2.31. The van der Waals surface area contributed by atoms with Crippen molar-refractivity contribution >= 4 is 34.6 Å². The highest BCUT2D eigenvalue weighted by molar-refractivity contribution is 7.00. The van der Waals surface area contributed by atoms with Crippen molar-refractivity contribution in [1.82, 2.24) is 24.3 Å². The van der Waals surface area contributed by atoms with Gasteiger partial charge in [-0.1, -0.05) is 6.07 Å². The lowest BCUT2D eigenvalue weighted by Crippen LogP contribution is -2.48. The molecule has 138 valence electrons. The molecule has 0 saturated carbocycles. The zero-order chi connectivity index (χ0) is 17.9. The number of nitrogens with zero attached hydrogens (tertiary/aromatic N) is 3. The minimum atomic E-state index is -0.162. The minimum absolute atomic E-state index is 0.00733. The summed E-state index contributed by atoms with van der Waals surface area (Å²) in [5, 5.41) is 6.27. The highest BCUT2D eigenvalue weighted by Crippen LogP contribution is 2.21. The molecule has 7 nitrogen and oxygen atoms in total. The monoisotopic (exact) mass is 373 g/mol. The second-order valence-electron chi connectivity index (χ2n) is 7.13. The lowest BCUT2D eigenvalue weighted by molar-refractivity contribution is -0.136. The smallest absolute Gasteiger partial charge is 0.226 e. The normalized spacial score (nSPS) is 23.3. The predicted octanol–water partition coefficient (Wildman–Crippen LogP) is 1.16. The van der Waals surface area contributed by atoms with Gasteiger partial charge in [-0.25, -0.2) is 0 Å². The molecule has 8 heteroatoms. The van der Waals surface area contributed by atoms with E-state index in [9.17, 15) is 9.59 Å². The third-order valence-electron chi connectivity index (χ3n) is 5.27. The number of aromatic nitrogens is 2. The summed E-state index contributed by atoms with van der Waals surface area (Å²) in [4.78, 5) is 27.1. The van der Waals surface area contributed by atoms with Crippen LogP contribution in [0, 0.1) is 11.8 Å². The van der Waals surface area contributed by atoms with Crippen LogP contribution >= 0.6 is 11.7 Å². The Balaban J connectivity index is 1.32. The van der Waals surface area contributed by atoms with Gasteiger partial charge in [0.25, 0.3) is 0 Å². The highest BCUT2D eigenvalue weighted by atomic mass is 32.1. The molecule has 2 fully saturated rings. The topological polar surface area (TPSA) is 87.2 Å². The highest BCUT2D eigenvalue weighted by Gasteiger charge is 2.33.